The molecule has 0 heterocycles. The Morgan fingerprint density at radius 1 is 1.50 bits per heavy atom. The highest BCUT2D eigenvalue weighted by Gasteiger charge is 2.61. The van der Waals surface area contributed by atoms with Crippen LogP contribution in [0.15, 0.2) is 0 Å². The van der Waals surface area contributed by atoms with Crippen molar-refractivity contribution < 1.29 is 13.2 Å². The van der Waals surface area contributed by atoms with Crippen LogP contribution in [0.2, 0.25) is 0 Å². The minimum Gasteiger partial charge on any atom is -0.325 e. The largest absolute Gasteiger partial charge is 0.393 e. The molecule has 0 saturated heterocycles. The van der Waals surface area contributed by atoms with E-state index in [1.54, 1.807) is 0 Å². The minimum absolute atomic E-state index is 0. The fraction of sp³-hybridized carbons (Fsp3) is 1.00. The molecule has 1 nitrogen and oxygen atoms in total. The van der Waals surface area contributed by atoms with Crippen molar-refractivity contribution in [2.75, 3.05) is 0 Å². The normalized spacial score (nSPS) is 38.7. The van der Waals surface area contributed by atoms with Gasteiger partial charge in [0.2, 0.25) is 0 Å². The standard InChI is InChI=1S/C5H8F3N.ClH/c1-4(9)2-3(4)5(6,7)8;/h3H,2,9H2,1H3;1H/t3-,4+;/m0./s1. The number of halogens is 4. The van der Waals surface area contributed by atoms with Gasteiger partial charge in [0.15, 0.2) is 0 Å². The molecule has 0 bridgehead atoms. The molecule has 2 N–H and O–H groups in total. The zero-order chi connectivity index (χ0) is 7.28. The zero-order valence-corrected chi connectivity index (χ0v) is 6.22. The van der Waals surface area contributed by atoms with E-state index in [0.717, 1.165) is 0 Å². The van der Waals surface area contributed by atoms with Crippen LogP contribution in [0.4, 0.5) is 13.2 Å². The Kier molecular flexibility index (Phi) is 2.28. The maximum atomic E-state index is 11.7. The van der Waals surface area contributed by atoms with Crippen molar-refractivity contribution >= 4 is 12.4 Å². The van der Waals surface area contributed by atoms with E-state index in [1.807, 2.05) is 0 Å². The Hall–Kier alpha value is 0.0400. The van der Waals surface area contributed by atoms with Crippen LogP contribution < -0.4 is 5.73 Å². The second-order valence-corrected chi connectivity index (χ2v) is 2.80. The van der Waals surface area contributed by atoms with Crippen molar-refractivity contribution in [2.45, 2.75) is 25.1 Å². The molecule has 0 aliphatic heterocycles. The van der Waals surface area contributed by atoms with Crippen LogP contribution >= 0.6 is 12.4 Å². The summed E-state index contributed by atoms with van der Waals surface area (Å²) in [5.41, 5.74) is 4.20. The van der Waals surface area contributed by atoms with Crippen LogP contribution in [-0.2, 0) is 0 Å². The molecule has 62 valence electrons. The molecule has 10 heavy (non-hydrogen) atoms. The SMILES string of the molecule is C[C@@]1(N)C[C@@H]1C(F)(F)F.Cl. The summed E-state index contributed by atoms with van der Waals surface area (Å²) in [6.07, 6.45) is -4.00. The van der Waals surface area contributed by atoms with Crippen molar-refractivity contribution in [1.29, 1.82) is 0 Å². The molecule has 5 heteroatoms. The Labute approximate surface area is 63.2 Å². The third-order valence-corrected chi connectivity index (χ3v) is 1.67. The van der Waals surface area contributed by atoms with Gasteiger partial charge in [0, 0.05) is 5.54 Å². The summed E-state index contributed by atoms with van der Waals surface area (Å²) in [6.45, 7) is 1.42. The molecule has 0 radical (unpaired) electrons. The van der Waals surface area contributed by atoms with Crippen molar-refractivity contribution in [1.82, 2.24) is 0 Å². The van der Waals surface area contributed by atoms with Gasteiger partial charge in [-0.1, -0.05) is 0 Å². The maximum Gasteiger partial charge on any atom is 0.393 e. The molecule has 0 aromatic carbocycles. The first-order chi connectivity index (χ1) is 3.84. The molecule has 2 atom stereocenters. The third-order valence-electron chi connectivity index (χ3n) is 1.67. The van der Waals surface area contributed by atoms with E-state index in [4.69, 9.17) is 5.73 Å². The van der Waals surface area contributed by atoms with E-state index in [2.05, 4.69) is 0 Å². The predicted molar refractivity (Wildman–Crippen MR) is 34.0 cm³/mol. The first-order valence-corrected chi connectivity index (χ1v) is 2.69. The summed E-state index contributed by atoms with van der Waals surface area (Å²) >= 11 is 0. The van der Waals surface area contributed by atoms with Crippen LogP contribution in [0.5, 0.6) is 0 Å². The predicted octanol–water partition coefficient (Wildman–Crippen LogP) is 1.71. The van der Waals surface area contributed by atoms with Gasteiger partial charge in [0.05, 0.1) is 5.92 Å². The summed E-state index contributed by atoms with van der Waals surface area (Å²) < 4.78 is 35.0. The molecular weight excluding hydrogens is 167 g/mol. The van der Waals surface area contributed by atoms with Gasteiger partial charge in [-0.15, -0.1) is 12.4 Å². The van der Waals surface area contributed by atoms with E-state index in [-0.39, 0.29) is 18.8 Å². The molecule has 0 amide bonds. The molecule has 1 fully saturated rings. The van der Waals surface area contributed by atoms with E-state index in [0.29, 0.717) is 0 Å². The summed E-state index contributed by atoms with van der Waals surface area (Å²) in [6, 6.07) is 0. The van der Waals surface area contributed by atoms with Crippen LogP contribution in [0.25, 0.3) is 0 Å². The molecule has 0 unspecified atom stereocenters. The zero-order valence-electron chi connectivity index (χ0n) is 5.40. The average molecular weight is 176 g/mol. The summed E-state index contributed by atoms with van der Waals surface area (Å²) in [5.74, 6) is -1.26. The van der Waals surface area contributed by atoms with Gasteiger partial charge in [-0.2, -0.15) is 13.2 Å². The maximum absolute atomic E-state index is 11.7. The molecule has 1 aliphatic rings. The first kappa shape index (κ1) is 10.0. The molecule has 1 aliphatic carbocycles. The van der Waals surface area contributed by atoms with Gasteiger partial charge >= 0.3 is 6.18 Å². The Morgan fingerprint density at radius 3 is 1.80 bits per heavy atom. The van der Waals surface area contributed by atoms with Crippen molar-refractivity contribution in [3.05, 3.63) is 0 Å². The number of nitrogens with two attached hydrogens (primary N) is 1. The number of alkyl halides is 3. The van der Waals surface area contributed by atoms with E-state index >= 15 is 0 Å². The highest BCUT2D eigenvalue weighted by Crippen LogP contribution is 2.51. The average Bonchev–Trinajstić information content (AvgIpc) is 2.10. The highest BCUT2D eigenvalue weighted by atomic mass is 35.5. The lowest BCUT2D eigenvalue weighted by atomic mass is 10.2. The summed E-state index contributed by atoms with van der Waals surface area (Å²) in [4.78, 5) is 0. The lowest BCUT2D eigenvalue weighted by molar-refractivity contribution is -0.151. The number of hydrogen-bond donors (Lipinski definition) is 1. The molecule has 0 aromatic rings. The molecule has 0 spiro atoms. The monoisotopic (exact) mass is 175 g/mol. The number of rotatable bonds is 0. The van der Waals surface area contributed by atoms with Crippen LogP contribution in [0.3, 0.4) is 0 Å². The molecule has 1 rings (SSSR count). The first-order valence-electron chi connectivity index (χ1n) is 2.69. The fourth-order valence-electron chi connectivity index (χ4n) is 0.871. The fourth-order valence-corrected chi connectivity index (χ4v) is 0.871. The van der Waals surface area contributed by atoms with E-state index < -0.39 is 17.6 Å². The Balaban J connectivity index is 0.000000810. The van der Waals surface area contributed by atoms with Crippen molar-refractivity contribution in [3.8, 4) is 0 Å². The molecular formula is C5H9ClF3N. The second kappa shape index (κ2) is 2.27. The van der Waals surface area contributed by atoms with Gasteiger partial charge in [-0.05, 0) is 13.3 Å². The van der Waals surface area contributed by atoms with Crippen LogP contribution in [0.1, 0.15) is 13.3 Å². The molecule has 1 saturated carbocycles. The topological polar surface area (TPSA) is 26.0 Å². The number of hydrogen-bond acceptors (Lipinski definition) is 1. The van der Waals surface area contributed by atoms with Crippen LogP contribution in [0, 0.1) is 5.92 Å². The van der Waals surface area contributed by atoms with Gasteiger partial charge in [-0.25, -0.2) is 0 Å². The van der Waals surface area contributed by atoms with Gasteiger partial charge in [-0.3, -0.25) is 0 Å². The van der Waals surface area contributed by atoms with Crippen molar-refractivity contribution in [3.63, 3.8) is 0 Å². The Morgan fingerprint density at radius 2 is 1.80 bits per heavy atom. The summed E-state index contributed by atoms with van der Waals surface area (Å²) in [5, 5.41) is 0. The minimum atomic E-state index is -4.08. The lowest BCUT2D eigenvalue weighted by Crippen LogP contribution is -2.27. The summed E-state index contributed by atoms with van der Waals surface area (Å²) in [7, 11) is 0. The second-order valence-electron chi connectivity index (χ2n) is 2.80. The third kappa shape index (κ3) is 1.76. The van der Waals surface area contributed by atoms with Gasteiger partial charge in [0.25, 0.3) is 0 Å². The smallest absolute Gasteiger partial charge is 0.325 e. The quantitative estimate of drug-likeness (QED) is 0.596. The lowest BCUT2D eigenvalue weighted by Gasteiger charge is -2.06. The van der Waals surface area contributed by atoms with Crippen LogP contribution in [-0.4, -0.2) is 11.7 Å². The van der Waals surface area contributed by atoms with Gasteiger partial charge in [0.1, 0.15) is 0 Å². The van der Waals surface area contributed by atoms with Crippen molar-refractivity contribution in [2.24, 2.45) is 11.7 Å². The van der Waals surface area contributed by atoms with E-state index in [1.165, 1.54) is 6.92 Å². The van der Waals surface area contributed by atoms with Gasteiger partial charge < -0.3 is 5.73 Å². The molecule has 0 aromatic heterocycles. The Bertz CT molecular complexity index is 131. The van der Waals surface area contributed by atoms with E-state index in [9.17, 15) is 13.2 Å². The highest BCUT2D eigenvalue weighted by molar-refractivity contribution is 5.85.